The highest BCUT2D eigenvalue weighted by molar-refractivity contribution is 9.10. The zero-order valence-electron chi connectivity index (χ0n) is 13.2. The van der Waals surface area contributed by atoms with Crippen LogP contribution in [-0.4, -0.2) is 13.2 Å². The van der Waals surface area contributed by atoms with Crippen molar-refractivity contribution in [1.82, 2.24) is 5.32 Å². The van der Waals surface area contributed by atoms with Gasteiger partial charge in [0.2, 0.25) is 0 Å². The van der Waals surface area contributed by atoms with E-state index >= 15 is 0 Å². The monoisotopic (exact) mass is 339 g/mol. The molecule has 0 saturated heterocycles. The van der Waals surface area contributed by atoms with Gasteiger partial charge in [0.05, 0.1) is 11.6 Å². The van der Waals surface area contributed by atoms with E-state index in [1.165, 1.54) is 18.4 Å². The second-order valence-electron chi connectivity index (χ2n) is 6.94. The van der Waals surface area contributed by atoms with E-state index in [0.29, 0.717) is 17.5 Å². The molecule has 1 saturated carbocycles. The van der Waals surface area contributed by atoms with Gasteiger partial charge < -0.3 is 10.1 Å². The first-order valence-corrected chi connectivity index (χ1v) is 8.21. The molecule has 0 aromatic heterocycles. The Morgan fingerprint density at radius 2 is 2.05 bits per heavy atom. The molecule has 3 atom stereocenters. The summed E-state index contributed by atoms with van der Waals surface area (Å²) in [6, 6.07) is 7.30. The SMILES string of the molecule is COc1ccc(C(C)NC2CC(C)(C)CC2C)cc1Br. The van der Waals surface area contributed by atoms with Crippen LogP contribution in [0.4, 0.5) is 0 Å². The van der Waals surface area contributed by atoms with E-state index in [0.717, 1.165) is 16.1 Å². The molecule has 1 aliphatic carbocycles. The van der Waals surface area contributed by atoms with Crippen molar-refractivity contribution in [3.05, 3.63) is 28.2 Å². The van der Waals surface area contributed by atoms with E-state index in [1.54, 1.807) is 7.11 Å². The first-order chi connectivity index (χ1) is 9.32. The average molecular weight is 340 g/mol. The van der Waals surface area contributed by atoms with Crippen LogP contribution in [0.5, 0.6) is 5.75 Å². The quantitative estimate of drug-likeness (QED) is 0.839. The lowest BCUT2D eigenvalue weighted by Crippen LogP contribution is -2.33. The van der Waals surface area contributed by atoms with E-state index in [1.807, 2.05) is 6.07 Å². The average Bonchev–Trinajstić information content (AvgIpc) is 2.62. The fourth-order valence-corrected chi connectivity index (χ4v) is 4.04. The minimum Gasteiger partial charge on any atom is -0.496 e. The summed E-state index contributed by atoms with van der Waals surface area (Å²) in [4.78, 5) is 0. The Balaban J connectivity index is 2.05. The Morgan fingerprint density at radius 3 is 2.55 bits per heavy atom. The molecular formula is C17H26BrNO. The van der Waals surface area contributed by atoms with Gasteiger partial charge in [-0.25, -0.2) is 0 Å². The van der Waals surface area contributed by atoms with Gasteiger partial charge in [-0.15, -0.1) is 0 Å². The van der Waals surface area contributed by atoms with Crippen LogP contribution in [0, 0.1) is 11.3 Å². The Hall–Kier alpha value is -0.540. The lowest BCUT2D eigenvalue weighted by molar-refractivity contribution is 0.356. The van der Waals surface area contributed by atoms with Crippen LogP contribution in [0.3, 0.4) is 0 Å². The molecule has 3 heteroatoms. The summed E-state index contributed by atoms with van der Waals surface area (Å²) in [5, 5.41) is 3.80. The Labute approximate surface area is 131 Å². The summed E-state index contributed by atoms with van der Waals surface area (Å²) in [6.07, 6.45) is 2.57. The molecule has 0 bridgehead atoms. The minimum absolute atomic E-state index is 0.360. The van der Waals surface area contributed by atoms with Crippen LogP contribution in [0.1, 0.15) is 52.1 Å². The number of hydrogen-bond donors (Lipinski definition) is 1. The number of hydrogen-bond acceptors (Lipinski definition) is 2. The highest BCUT2D eigenvalue weighted by Gasteiger charge is 2.37. The normalized spacial score (nSPS) is 26.5. The van der Waals surface area contributed by atoms with Crippen molar-refractivity contribution in [3.63, 3.8) is 0 Å². The molecule has 1 N–H and O–H groups in total. The molecule has 0 amide bonds. The highest BCUT2D eigenvalue weighted by Crippen LogP contribution is 2.41. The molecule has 0 aliphatic heterocycles. The molecule has 0 radical (unpaired) electrons. The van der Waals surface area contributed by atoms with Crippen molar-refractivity contribution in [2.45, 2.75) is 52.6 Å². The Kier molecular flexibility index (Phi) is 4.80. The second kappa shape index (κ2) is 6.07. The van der Waals surface area contributed by atoms with E-state index in [4.69, 9.17) is 4.74 Å². The van der Waals surface area contributed by atoms with E-state index in [2.05, 4.69) is 61.1 Å². The Bertz CT molecular complexity index is 472. The largest absolute Gasteiger partial charge is 0.496 e. The molecule has 3 unspecified atom stereocenters. The molecule has 20 heavy (non-hydrogen) atoms. The van der Waals surface area contributed by atoms with Crippen LogP contribution < -0.4 is 10.1 Å². The third-order valence-corrected chi connectivity index (χ3v) is 5.09. The zero-order chi connectivity index (χ0) is 14.9. The Morgan fingerprint density at radius 1 is 1.35 bits per heavy atom. The van der Waals surface area contributed by atoms with Crippen LogP contribution in [0.15, 0.2) is 22.7 Å². The van der Waals surface area contributed by atoms with Gasteiger partial charge in [-0.1, -0.05) is 26.8 Å². The summed E-state index contributed by atoms with van der Waals surface area (Å²) in [7, 11) is 1.70. The molecular weight excluding hydrogens is 314 g/mol. The van der Waals surface area contributed by atoms with Gasteiger partial charge in [0, 0.05) is 12.1 Å². The van der Waals surface area contributed by atoms with Gasteiger partial charge in [0.15, 0.2) is 0 Å². The predicted octanol–water partition coefficient (Wildman–Crippen LogP) is 4.93. The number of nitrogens with one attached hydrogen (secondary N) is 1. The van der Waals surface area contributed by atoms with Gasteiger partial charge in [0.25, 0.3) is 0 Å². The summed E-state index contributed by atoms with van der Waals surface area (Å²) < 4.78 is 6.31. The molecule has 1 fully saturated rings. The molecule has 2 nitrogen and oxygen atoms in total. The molecule has 0 spiro atoms. The van der Waals surface area contributed by atoms with Crippen molar-refractivity contribution in [2.24, 2.45) is 11.3 Å². The maximum absolute atomic E-state index is 5.29. The number of methoxy groups -OCH3 is 1. The van der Waals surface area contributed by atoms with Crippen molar-refractivity contribution in [2.75, 3.05) is 7.11 Å². The van der Waals surface area contributed by atoms with E-state index in [9.17, 15) is 0 Å². The van der Waals surface area contributed by atoms with E-state index in [-0.39, 0.29) is 0 Å². The lowest BCUT2D eigenvalue weighted by Gasteiger charge is -2.24. The van der Waals surface area contributed by atoms with Gasteiger partial charge in [-0.3, -0.25) is 0 Å². The van der Waals surface area contributed by atoms with Crippen LogP contribution >= 0.6 is 15.9 Å². The number of ether oxygens (including phenoxy) is 1. The van der Waals surface area contributed by atoms with Crippen molar-refractivity contribution in [3.8, 4) is 5.75 Å². The number of rotatable bonds is 4. The third kappa shape index (κ3) is 3.56. The molecule has 1 aromatic carbocycles. The number of benzene rings is 1. The molecule has 2 rings (SSSR count). The smallest absolute Gasteiger partial charge is 0.133 e. The summed E-state index contributed by atoms with van der Waals surface area (Å²) >= 11 is 3.57. The summed E-state index contributed by atoms with van der Waals surface area (Å²) in [6.45, 7) is 9.36. The maximum atomic E-state index is 5.29. The first-order valence-electron chi connectivity index (χ1n) is 7.42. The van der Waals surface area contributed by atoms with Crippen molar-refractivity contribution >= 4 is 15.9 Å². The highest BCUT2D eigenvalue weighted by atomic mass is 79.9. The van der Waals surface area contributed by atoms with Gasteiger partial charge >= 0.3 is 0 Å². The summed E-state index contributed by atoms with van der Waals surface area (Å²) in [5.41, 5.74) is 1.77. The third-order valence-electron chi connectivity index (χ3n) is 4.47. The van der Waals surface area contributed by atoms with Crippen LogP contribution in [0.25, 0.3) is 0 Å². The predicted molar refractivity (Wildman–Crippen MR) is 88.2 cm³/mol. The fourth-order valence-electron chi connectivity index (χ4n) is 3.49. The molecule has 1 aliphatic rings. The standard InChI is InChI=1S/C17H26BrNO/c1-11-9-17(3,4)10-15(11)19-12(2)13-6-7-16(20-5)14(18)8-13/h6-8,11-12,15,19H,9-10H2,1-5H3. The van der Waals surface area contributed by atoms with Gasteiger partial charge in [0.1, 0.15) is 5.75 Å². The lowest BCUT2D eigenvalue weighted by atomic mass is 9.91. The maximum Gasteiger partial charge on any atom is 0.133 e. The van der Waals surface area contributed by atoms with Gasteiger partial charge in [-0.05, 0) is 64.7 Å². The topological polar surface area (TPSA) is 21.3 Å². The fraction of sp³-hybridized carbons (Fsp3) is 0.647. The van der Waals surface area contributed by atoms with E-state index < -0.39 is 0 Å². The minimum atomic E-state index is 0.360. The zero-order valence-corrected chi connectivity index (χ0v) is 14.8. The molecule has 112 valence electrons. The second-order valence-corrected chi connectivity index (χ2v) is 7.79. The molecule has 1 aromatic rings. The van der Waals surface area contributed by atoms with Crippen LogP contribution in [-0.2, 0) is 0 Å². The van der Waals surface area contributed by atoms with Crippen molar-refractivity contribution in [1.29, 1.82) is 0 Å². The number of halogens is 1. The molecule has 0 heterocycles. The van der Waals surface area contributed by atoms with Crippen LogP contribution in [0.2, 0.25) is 0 Å². The first kappa shape index (κ1) is 15.8. The summed E-state index contributed by atoms with van der Waals surface area (Å²) in [5.74, 6) is 1.63. The van der Waals surface area contributed by atoms with Crippen molar-refractivity contribution < 1.29 is 4.74 Å². The van der Waals surface area contributed by atoms with Gasteiger partial charge in [-0.2, -0.15) is 0 Å².